The molecule has 3 rings (SSSR count). The predicted molar refractivity (Wildman–Crippen MR) is 103 cm³/mol. The molecule has 1 amide bonds. The molecule has 0 unspecified atom stereocenters. The standard InChI is InChI=1S/C20H19FN4O3/c1-27-14-7-8-16(18(9-14)28-2)25-20(26)17-10-19(24-12-23-17)22-11-13-5-3-4-6-15(13)21/h3-10,12H,11H2,1-2H3,(H,25,26)(H,22,23,24). The second-order valence-electron chi connectivity index (χ2n) is 5.75. The molecule has 0 aliphatic heterocycles. The topological polar surface area (TPSA) is 85.4 Å². The van der Waals surface area contributed by atoms with Crippen LogP contribution < -0.4 is 20.1 Å². The number of benzene rings is 2. The molecule has 0 fully saturated rings. The number of ether oxygens (including phenoxy) is 2. The molecule has 1 heterocycles. The lowest BCUT2D eigenvalue weighted by molar-refractivity contribution is 0.102. The third kappa shape index (κ3) is 4.53. The number of carbonyl (C=O) groups is 1. The maximum Gasteiger partial charge on any atom is 0.274 e. The molecule has 28 heavy (non-hydrogen) atoms. The number of halogens is 1. The number of carbonyl (C=O) groups excluding carboxylic acids is 1. The number of amides is 1. The molecule has 0 saturated carbocycles. The van der Waals surface area contributed by atoms with Crippen LogP contribution in [0.25, 0.3) is 0 Å². The zero-order valence-corrected chi connectivity index (χ0v) is 15.4. The number of rotatable bonds is 7. The average Bonchev–Trinajstić information content (AvgIpc) is 2.73. The normalized spacial score (nSPS) is 10.2. The second-order valence-corrected chi connectivity index (χ2v) is 5.75. The monoisotopic (exact) mass is 382 g/mol. The third-order valence-corrected chi connectivity index (χ3v) is 3.97. The number of anilines is 2. The molecule has 0 bridgehead atoms. The van der Waals surface area contributed by atoms with Crippen LogP contribution in [0.3, 0.4) is 0 Å². The van der Waals surface area contributed by atoms with Gasteiger partial charge < -0.3 is 20.1 Å². The van der Waals surface area contributed by atoms with Gasteiger partial charge in [-0.3, -0.25) is 4.79 Å². The van der Waals surface area contributed by atoms with E-state index in [2.05, 4.69) is 20.6 Å². The van der Waals surface area contributed by atoms with E-state index in [1.165, 1.54) is 25.6 Å². The Kier molecular flexibility index (Phi) is 6.01. The Morgan fingerprint density at radius 2 is 1.89 bits per heavy atom. The highest BCUT2D eigenvalue weighted by Gasteiger charge is 2.13. The SMILES string of the molecule is COc1ccc(NC(=O)c2cc(NCc3ccccc3F)ncn2)c(OC)c1. The summed E-state index contributed by atoms with van der Waals surface area (Å²) < 4.78 is 24.1. The fourth-order valence-electron chi connectivity index (χ4n) is 2.49. The number of hydrogen-bond donors (Lipinski definition) is 2. The van der Waals surface area contributed by atoms with Gasteiger partial charge in [0, 0.05) is 24.2 Å². The summed E-state index contributed by atoms with van der Waals surface area (Å²) >= 11 is 0. The largest absolute Gasteiger partial charge is 0.497 e. The summed E-state index contributed by atoms with van der Waals surface area (Å²) in [5.74, 6) is 0.731. The fourth-order valence-corrected chi connectivity index (χ4v) is 2.49. The van der Waals surface area contributed by atoms with Gasteiger partial charge in [-0.2, -0.15) is 0 Å². The molecule has 1 aromatic heterocycles. The van der Waals surface area contributed by atoms with Crippen molar-refractivity contribution in [3.8, 4) is 11.5 Å². The van der Waals surface area contributed by atoms with Gasteiger partial charge in [-0.15, -0.1) is 0 Å². The summed E-state index contributed by atoms with van der Waals surface area (Å²) in [6, 6.07) is 13.0. The first-order chi connectivity index (χ1) is 13.6. The molecule has 0 aliphatic rings. The van der Waals surface area contributed by atoms with Crippen LogP contribution in [-0.4, -0.2) is 30.1 Å². The highest BCUT2D eigenvalue weighted by molar-refractivity contribution is 6.04. The van der Waals surface area contributed by atoms with Crippen LogP contribution in [0.4, 0.5) is 15.9 Å². The van der Waals surface area contributed by atoms with Crippen molar-refractivity contribution in [2.24, 2.45) is 0 Å². The van der Waals surface area contributed by atoms with Gasteiger partial charge in [-0.1, -0.05) is 18.2 Å². The molecule has 0 spiro atoms. The van der Waals surface area contributed by atoms with Gasteiger partial charge >= 0.3 is 0 Å². The molecule has 2 N–H and O–H groups in total. The first kappa shape index (κ1) is 19.1. The Labute approximate surface area is 161 Å². The van der Waals surface area contributed by atoms with E-state index in [-0.39, 0.29) is 18.1 Å². The van der Waals surface area contributed by atoms with Gasteiger partial charge in [0.25, 0.3) is 5.91 Å². The quantitative estimate of drug-likeness (QED) is 0.651. The number of aromatic nitrogens is 2. The molecule has 7 nitrogen and oxygen atoms in total. The van der Waals surface area contributed by atoms with E-state index in [4.69, 9.17) is 9.47 Å². The van der Waals surface area contributed by atoms with Crippen molar-refractivity contribution in [1.29, 1.82) is 0 Å². The van der Waals surface area contributed by atoms with Gasteiger partial charge in [0.1, 0.15) is 35.2 Å². The lowest BCUT2D eigenvalue weighted by atomic mass is 10.2. The molecule has 144 valence electrons. The Morgan fingerprint density at radius 3 is 2.64 bits per heavy atom. The van der Waals surface area contributed by atoms with Crippen LogP contribution in [-0.2, 0) is 6.54 Å². The average molecular weight is 382 g/mol. The van der Waals surface area contributed by atoms with Crippen molar-refractivity contribution in [2.75, 3.05) is 24.9 Å². The van der Waals surface area contributed by atoms with Gasteiger partial charge in [0.2, 0.25) is 0 Å². The summed E-state index contributed by atoms with van der Waals surface area (Å²) in [6.07, 6.45) is 1.27. The zero-order valence-electron chi connectivity index (χ0n) is 15.4. The van der Waals surface area contributed by atoms with E-state index in [0.717, 1.165) is 0 Å². The first-order valence-corrected chi connectivity index (χ1v) is 8.43. The van der Waals surface area contributed by atoms with Crippen molar-refractivity contribution < 1.29 is 18.7 Å². The maximum absolute atomic E-state index is 13.7. The number of nitrogens with one attached hydrogen (secondary N) is 2. The molecular formula is C20H19FN4O3. The van der Waals surface area contributed by atoms with Crippen molar-refractivity contribution in [3.05, 3.63) is 71.9 Å². The smallest absolute Gasteiger partial charge is 0.274 e. The molecule has 0 atom stereocenters. The van der Waals surface area contributed by atoms with Crippen molar-refractivity contribution in [2.45, 2.75) is 6.54 Å². The summed E-state index contributed by atoms with van der Waals surface area (Å²) in [4.78, 5) is 20.6. The van der Waals surface area contributed by atoms with Crippen LogP contribution in [0.2, 0.25) is 0 Å². The van der Waals surface area contributed by atoms with E-state index >= 15 is 0 Å². The minimum atomic E-state index is -0.431. The molecule has 3 aromatic rings. The van der Waals surface area contributed by atoms with Crippen LogP contribution >= 0.6 is 0 Å². The fraction of sp³-hybridized carbons (Fsp3) is 0.150. The van der Waals surface area contributed by atoms with Gasteiger partial charge in [-0.05, 0) is 18.2 Å². The predicted octanol–water partition coefficient (Wildman–Crippen LogP) is 3.50. The van der Waals surface area contributed by atoms with Gasteiger partial charge in [-0.25, -0.2) is 14.4 Å². The van der Waals surface area contributed by atoms with Crippen molar-refractivity contribution in [1.82, 2.24) is 9.97 Å². The van der Waals surface area contributed by atoms with Crippen LogP contribution in [0.5, 0.6) is 11.5 Å². The van der Waals surface area contributed by atoms with Crippen LogP contribution in [0, 0.1) is 5.82 Å². The van der Waals surface area contributed by atoms with Crippen molar-refractivity contribution in [3.63, 3.8) is 0 Å². The highest BCUT2D eigenvalue weighted by Crippen LogP contribution is 2.29. The Hall–Kier alpha value is -3.68. The lowest BCUT2D eigenvalue weighted by Gasteiger charge is -2.12. The molecule has 0 aliphatic carbocycles. The number of methoxy groups -OCH3 is 2. The molecule has 0 saturated heterocycles. The highest BCUT2D eigenvalue weighted by atomic mass is 19.1. The minimum Gasteiger partial charge on any atom is -0.497 e. The van der Waals surface area contributed by atoms with Crippen LogP contribution in [0.15, 0.2) is 54.9 Å². The third-order valence-electron chi connectivity index (χ3n) is 3.97. The molecule has 2 aromatic carbocycles. The number of hydrogen-bond acceptors (Lipinski definition) is 6. The van der Waals surface area contributed by atoms with E-state index < -0.39 is 5.91 Å². The summed E-state index contributed by atoms with van der Waals surface area (Å²) in [6.45, 7) is 0.233. The molecule has 8 heteroatoms. The Morgan fingerprint density at radius 1 is 1.07 bits per heavy atom. The van der Waals surface area contributed by atoms with E-state index in [0.29, 0.717) is 28.6 Å². The van der Waals surface area contributed by atoms with E-state index in [9.17, 15) is 9.18 Å². The minimum absolute atomic E-state index is 0.156. The second kappa shape index (κ2) is 8.81. The summed E-state index contributed by atoms with van der Waals surface area (Å²) in [7, 11) is 3.05. The van der Waals surface area contributed by atoms with Crippen LogP contribution in [0.1, 0.15) is 16.1 Å². The van der Waals surface area contributed by atoms with E-state index in [1.807, 2.05) is 0 Å². The first-order valence-electron chi connectivity index (χ1n) is 8.43. The zero-order chi connectivity index (χ0) is 19.9. The van der Waals surface area contributed by atoms with Gasteiger partial charge in [0.15, 0.2) is 0 Å². The maximum atomic E-state index is 13.7. The van der Waals surface area contributed by atoms with E-state index in [1.54, 1.807) is 43.5 Å². The van der Waals surface area contributed by atoms with Crippen molar-refractivity contribution >= 4 is 17.4 Å². The number of nitrogens with zero attached hydrogens (tertiary/aromatic N) is 2. The molecular weight excluding hydrogens is 363 g/mol. The van der Waals surface area contributed by atoms with Gasteiger partial charge in [0.05, 0.1) is 19.9 Å². The molecule has 0 radical (unpaired) electrons. The Bertz CT molecular complexity index is 981. The summed E-state index contributed by atoms with van der Waals surface area (Å²) in [5.41, 5.74) is 1.13. The summed E-state index contributed by atoms with van der Waals surface area (Å²) in [5, 5.41) is 5.73. The Balaban J connectivity index is 1.71. The lowest BCUT2D eigenvalue weighted by Crippen LogP contribution is -2.15.